The van der Waals surface area contributed by atoms with Crippen LogP contribution in [0.2, 0.25) is 0 Å². The number of nitrogens with one attached hydrogen (secondary N) is 1. The van der Waals surface area contributed by atoms with Crippen LogP contribution < -0.4 is 4.90 Å². The number of aromatic amines is 1. The summed E-state index contributed by atoms with van der Waals surface area (Å²) in [6.07, 6.45) is 7.78. The number of hydrogen-bond acceptors (Lipinski definition) is 6. The summed E-state index contributed by atoms with van der Waals surface area (Å²) in [5.74, 6) is 0.161. The summed E-state index contributed by atoms with van der Waals surface area (Å²) in [6, 6.07) is -0.0986. The van der Waals surface area contributed by atoms with E-state index in [1.165, 1.54) is 12.5 Å². The van der Waals surface area contributed by atoms with Gasteiger partial charge in [-0.2, -0.15) is 0 Å². The first kappa shape index (κ1) is 14.0. The summed E-state index contributed by atoms with van der Waals surface area (Å²) in [4.78, 5) is 21.5. The van der Waals surface area contributed by atoms with Crippen molar-refractivity contribution in [2.75, 3.05) is 18.1 Å². The van der Waals surface area contributed by atoms with Gasteiger partial charge in [-0.25, -0.2) is 24.3 Å². The fourth-order valence-corrected chi connectivity index (χ4v) is 3.04. The number of H-pyrrole nitrogens is 1. The molecule has 1 saturated heterocycles. The highest BCUT2D eigenvalue weighted by Crippen LogP contribution is 2.29. The molecule has 0 unspecified atom stereocenters. The zero-order valence-electron chi connectivity index (χ0n) is 12.3. The Bertz CT molecular complexity index is 851. The van der Waals surface area contributed by atoms with Gasteiger partial charge >= 0.3 is 0 Å². The average molecular weight is 314 g/mol. The molecule has 0 radical (unpaired) electrons. The van der Waals surface area contributed by atoms with Crippen molar-refractivity contribution < 1.29 is 9.50 Å². The molecule has 0 bridgehead atoms. The summed E-state index contributed by atoms with van der Waals surface area (Å²) in [5, 5.41) is 10.2. The Hall–Kier alpha value is -2.61. The highest BCUT2D eigenvalue weighted by atomic mass is 19.1. The van der Waals surface area contributed by atoms with Crippen molar-refractivity contribution in [1.29, 1.82) is 0 Å². The van der Waals surface area contributed by atoms with Gasteiger partial charge in [0.25, 0.3) is 0 Å². The van der Waals surface area contributed by atoms with E-state index in [1.54, 1.807) is 12.4 Å². The standard InChI is InChI=1S/C15H15FN6O/c16-12-6-19-14(11-5-18-13-10(11)4-17-8-20-13)21-15(12)22-3-1-2-9(22)7-23/h4-6,8-9,23H,1-3,7H2,(H,17,18,20)/t9-/m0/s1. The fourth-order valence-electron chi connectivity index (χ4n) is 3.04. The van der Waals surface area contributed by atoms with Crippen LogP contribution in [-0.2, 0) is 0 Å². The van der Waals surface area contributed by atoms with E-state index in [4.69, 9.17) is 0 Å². The molecule has 1 atom stereocenters. The van der Waals surface area contributed by atoms with Crippen LogP contribution in [0.5, 0.6) is 0 Å². The molecule has 4 heterocycles. The fraction of sp³-hybridized carbons (Fsp3) is 0.333. The summed E-state index contributed by atoms with van der Waals surface area (Å²) in [5.41, 5.74) is 1.40. The Labute approximate surface area is 131 Å². The SMILES string of the molecule is OC[C@@H]1CCCN1c1nc(-c2c[nH]c3ncncc23)ncc1F. The largest absolute Gasteiger partial charge is 0.394 e. The predicted molar refractivity (Wildman–Crippen MR) is 82.3 cm³/mol. The molecule has 118 valence electrons. The Kier molecular flexibility index (Phi) is 3.38. The summed E-state index contributed by atoms with van der Waals surface area (Å²) < 4.78 is 14.2. The molecule has 1 fully saturated rings. The molecule has 1 aliphatic rings. The van der Waals surface area contributed by atoms with E-state index in [-0.39, 0.29) is 18.5 Å². The molecule has 0 spiro atoms. The van der Waals surface area contributed by atoms with Gasteiger partial charge in [0.15, 0.2) is 17.5 Å². The third-order valence-corrected chi connectivity index (χ3v) is 4.18. The lowest BCUT2D eigenvalue weighted by atomic mass is 10.2. The normalized spacial score (nSPS) is 18.0. The van der Waals surface area contributed by atoms with Gasteiger partial charge in [-0.1, -0.05) is 0 Å². The van der Waals surface area contributed by atoms with E-state index in [9.17, 15) is 9.50 Å². The van der Waals surface area contributed by atoms with Gasteiger partial charge in [0.1, 0.15) is 12.0 Å². The molecular weight excluding hydrogens is 299 g/mol. The van der Waals surface area contributed by atoms with E-state index >= 15 is 0 Å². The monoisotopic (exact) mass is 314 g/mol. The third kappa shape index (κ3) is 2.31. The Morgan fingerprint density at radius 1 is 1.35 bits per heavy atom. The smallest absolute Gasteiger partial charge is 0.183 e. The lowest BCUT2D eigenvalue weighted by molar-refractivity contribution is 0.265. The maximum atomic E-state index is 14.2. The minimum Gasteiger partial charge on any atom is -0.394 e. The molecule has 8 heteroatoms. The Morgan fingerprint density at radius 3 is 3.13 bits per heavy atom. The first-order valence-corrected chi connectivity index (χ1v) is 7.45. The van der Waals surface area contributed by atoms with Crippen molar-refractivity contribution >= 4 is 16.9 Å². The van der Waals surface area contributed by atoms with Crippen molar-refractivity contribution in [3.05, 3.63) is 30.7 Å². The predicted octanol–water partition coefficient (Wildman–Crippen LogP) is 1.52. The second-order valence-electron chi connectivity index (χ2n) is 5.52. The van der Waals surface area contributed by atoms with Crippen LogP contribution in [0.1, 0.15) is 12.8 Å². The van der Waals surface area contributed by atoms with E-state index in [1.807, 2.05) is 4.90 Å². The number of aromatic nitrogens is 5. The highest BCUT2D eigenvalue weighted by molar-refractivity contribution is 5.90. The molecule has 23 heavy (non-hydrogen) atoms. The molecule has 0 aliphatic carbocycles. The molecule has 0 amide bonds. The summed E-state index contributed by atoms with van der Waals surface area (Å²) >= 11 is 0. The number of fused-ring (bicyclic) bond motifs is 1. The van der Waals surface area contributed by atoms with Crippen LogP contribution >= 0.6 is 0 Å². The number of rotatable bonds is 3. The van der Waals surface area contributed by atoms with E-state index < -0.39 is 5.82 Å². The van der Waals surface area contributed by atoms with Crippen molar-refractivity contribution in [3.63, 3.8) is 0 Å². The van der Waals surface area contributed by atoms with Crippen molar-refractivity contribution in [1.82, 2.24) is 24.9 Å². The van der Waals surface area contributed by atoms with E-state index in [0.717, 1.165) is 23.8 Å². The summed E-state index contributed by atoms with van der Waals surface area (Å²) in [7, 11) is 0. The zero-order chi connectivity index (χ0) is 15.8. The number of aliphatic hydroxyl groups is 1. The maximum absolute atomic E-state index is 14.2. The van der Waals surface area contributed by atoms with Crippen LogP contribution in [0.25, 0.3) is 22.4 Å². The minimum atomic E-state index is -0.481. The second kappa shape index (κ2) is 5.54. The number of nitrogens with zero attached hydrogens (tertiary/aromatic N) is 5. The van der Waals surface area contributed by atoms with Crippen LogP contribution in [0.15, 0.2) is 24.9 Å². The number of hydrogen-bond donors (Lipinski definition) is 2. The molecule has 3 aromatic heterocycles. The zero-order valence-corrected chi connectivity index (χ0v) is 12.3. The minimum absolute atomic E-state index is 0.0142. The van der Waals surface area contributed by atoms with Crippen LogP contribution in [-0.4, -0.2) is 49.2 Å². The lowest BCUT2D eigenvalue weighted by Gasteiger charge is -2.24. The van der Waals surface area contributed by atoms with Gasteiger partial charge in [0.2, 0.25) is 0 Å². The van der Waals surface area contributed by atoms with Gasteiger partial charge in [0, 0.05) is 29.9 Å². The molecule has 3 aromatic rings. The van der Waals surface area contributed by atoms with Crippen molar-refractivity contribution in [2.24, 2.45) is 0 Å². The summed E-state index contributed by atoms with van der Waals surface area (Å²) in [6.45, 7) is 0.662. The Morgan fingerprint density at radius 2 is 2.26 bits per heavy atom. The van der Waals surface area contributed by atoms with Gasteiger partial charge in [-0.3, -0.25) is 0 Å². The second-order valence-corrected chi connectivity index (χ2v) is 5.52. The number of halogens is 1. The van der Waals surface area contributed by atoms with Gasteiger partial charge < -0.3 is 15.0 Å². The van der Waals surface area contributed by atoms with Gasteiger partial charge in [0.05, 0.1) is 18.8 Å². The van der Waals surface area contributed by atoms with Crippen LogP contribution in [0.3, 0.4) is 0 Å². The van der Waals surface area contributed by atoms with Crippen LogP contribution in [0.4, 0.5) is 10.2 Å². The molecule has 1 aliphatic heterocycles. The average Bonchev–Trinajstić information content (AvgIpc) is 3.22. The first-order chi connectivity index (χ1) is 11.3. The van der Waals surface area contributed by atoms with Gasteiger partial charge in [-0.15, -0.1) is 0 Å². The van der Waals surface area contributed by atoms with E-state index in [0.29, 0.717) is 18.0 Å². The number of anilines is 1. The lowest BCUT2D eigenvalue weighted by Crippen LogP contribution is -2.33. The Balaban J connectivity index is 1.80. The molecule has 0 aromatic carbocycles. The molecule has 4 rings (SSSR count). The molecule has 0 saturated carbocycles. The highest BCUT2D eigenvalue weighted by Gasteiger charge is 2.28. The molecule has 2 N–H and O–H groups in total. The third-order valence-electron chi connectivity index (χ3n) is 4.18. The topological polar surface area (TPSA) is 90.8 Å². The quantitative estimate of drug-likeness (QED) is 0.761. The molecule has 7 nitrogen and oxygen atoms in total. The van der Waals surface area contributed by atoms with Crippen molar-refractivity contribution in [2.45, 2.75) is 18.9 Å². The van der Waals surface area contributed by atoms with E-state index in [2.05, 4.69) is 24.9 Å². The molecular formula is C15H15FN6O. The first-order valence-electron chi connectivity index (χ1n) is 7.45. The maximum Gasteiger partial charge on any atom is 0.183 e. The van der Waals surface area contributed by atoms with Gasteiger partial charge in [-0.05, 0) is 12.8 Å². The number of aliphatic hydroxyl groups excluding tert-OH is 1. The van der Waals surface area contributed by atoms with Crippen molar-refractivity contribution in [3.8, 4) is 11.4 Å². The van der Waals surface area contributed by atoms with Crippen LogP contribution in [0, 0.1) is 5.82 Å².